The van der Waals surface area contributed by atoms with Gasteiger partial charge in [-0.3, -0.25) is 0 Å². The molecule has 0 aromatic heterocycles. The lowest BCUT2D eigenvalue weighted by molar-refractivity contribution is -0.135. The molecule has 0 aliphatic heterocycles. The molecule has 0 heterocycles. The highest BCUT2D eigenvalue weighted by atomic mass is 28.4. The van der Waals surface area contributed by atoms with Crippen molar-refractivity contribution in [2.24, 2.45) is 0 Å². The number of esters is 2. The fraction of sp³-hybridized carbons (Fsp3) is 0.625. The minimum absolute atomic E-state index is 0.130. The molecule has 7 heteroatoms. The maximum Gasteiger partial charge on any atom is 0.330 e. The van der Waals surface area contributed by atoms with Gasteiger partial charge in [-0.2, -0.15) is 0 Å². The molecule has 0 aliphatic carbocycles. The number of hydrogen-bond donors (Lipinski definition) is 1. The third-order valence-corrected chi connectivity index (χ3v) is 7.86. The summed E-state index contributed by atoms with van der Waals surface area (Å²) in [4.78, 5) is 20.9. The molecule has 0 radical (unpaired) electrons. The number of aliphatic hydroxyl groups excluding tert-OH is 1. The number of carbonyl (C=O) groups excluding carboxylic acids is 2. The zero-order valence-electron chi connectivity index (χ0n) is 15.2. The highest BCUT2D eigenvalue weighted by molar-refractivity contribution is 6.74. The van der Waals surface area contributed by atoms with E-state index in [1.165, 1.54) is 32.4 Å². The molecular formula is C16H30O6Si. The van der Waals surface area contributed by atoms with Gasteiger partial charge in [0.1, 0.15) is 0 Å². The van der Waals surface area contributed by atoms with Gasteiger partial charge in [-0.25, -0.2) is 9.59 Å². The molecule has 0 rings (SSSR count). The minimum Gasteiger partial charge on any atom is -0.466 e. The Morgan fingerprint density at radius 2 is 1.43 bits per heavy atom. The summed E-state index contributed by atoms with van der Waals surface area (Å²) in [6.07, 6.45) is 5.57. The van der Waals surface area contributed by atoms with Crippen molar-refractivity contribution in [1.29, 1.82) is 0 Å². The van der Waals surface area contributed by atoms with E-state index in [-0.39, 0.29) is 17.6 Å². The molecule has 0 spiro atoms. The van der Waals surface area contributed by atoms with Crippen molar-refractivity contribution < 1.29 is 28.6 Å². The molecule has 0 aliphatic rings. The Morgan fingerprint density at radius 3 is 1.78 bits per heavy atom. The molecule has 0 aromatic carbocycles. The van der Waals surface area contributed by atoms with Crippen LogP contribution in [0.5, 0.6) is 0 Å². The summed E-state index contributed by atoms with van der Waals surface area (Å²) in [5, 5.41) is 8.32. The van der Waals surface area contributed by atoms with Gasteiger partial charge in [-0.1, -0.05) is 32.9 Å². The SMILES string of the molecule is COC(=O)/C=C/CO.COC(=O)/C=C/CO[Si](C)(C)C(C)(C)C. The first kappa shape index (κ1) is 23.8. The topological polar surface area (TPSA) is 82.1 Å². The third-order valence-electron chi connectivity index (χ3n) is 3.36. The molecule has 0 aromatic rings. The van der Waals surface area contributed by atoms with Gasteiger partial charge < -0.3 is 19.0 Å². The summed E-state index contributed by atoms with van der Waals surface area (Å²) in [5.74, 6) is -0.784. The Labute approximate surface area is 140 Å². The number of methoxy groups -OCH3 is 2. The number of ether oxygens (including phenoxy) is 2. The highest BCUT2D eigenvalue weighted by Gasteiger charge is 2.36. The van der Waals surface area contributed by atoms with Crippen molar-refractivity contribution in [3.8, 4) is 0 Å². The van der Waals surface area contributed by atoms with Gasteiger partial charge in [0.2, 0.25) is 0 Å². The second kappa shape index (κ2) is 12.0. The van der Waals surface area contributed by atoms with Gasteiger partial charge in [0.05, 0.1) is 27.4 Å². The second-order valence-corrected chi connectivity index (χ2v) is 10.9. The molecule has 0 unspecified atom stereocenters. The van der Waals surface area contributed by atoms with Gasteiger partial charge in [-0.15, -0.1) is 0 Å². The van der Waals surface area contributed by atoms with Crippen LogP contribution >= 0.6 is 0 Å². The zero-order valence-corrected chi connectivity index (χ0v) is 16.2. The molecule has 0 atom stereocenters. The quantitative estimate of drug-likeness (QED) is 0.452. The summed E-state index contributed by atoms with van der Waals surface area (Å²) >= 11 is 0. The molecule has 1 N–H and O–H groups in total. The van der Waals surface area contributed by atoms with Crippen LogP contribution < -0.4 is 0 Å². The average molecular weight is 346 g/mol. The van der Waals surface area contributed by atoms with Crippen LogP contribution in [0.3, 0.4) is 0 Å². The molecule has 0 saturated heterocycles. The van der Waals surface area contributed by atoms with E-state index in [0.717, 1.165) is 0 Å². The van der Waals surface area contributed by atoms with Crippen LogP contribution in [-0.4, -0.2) is 52.8 Å². The third kappa shape index (κ3) is 12.8. The summed E-state index contributed by atoms with van der Waals surface area (Å²) in [7, 11) is 0.954. The van der Waals surface area contributed by atoms with E-state index in [2.05, 4.69) is 43.3 Å². The van der Waals surface area contributed by atoms with Gasteiger partial charge >= 0.3 is 11.9 Å². The van der Waals surface area contributed by atoms with E-state index in [0.29, 0.717) is 6.61 Å². The predicted molar refractivity (Wildman–Crippen MR) is 92.5 cm³/mol. The smallest absolute Gasteiger partial charge is 0.330 e. The van der Waals surface area contributed by atoms with Crippen LogP contribution in [0.4, 0.5) is 0 Å². The summed E-state index contributed by atoms with van der Waals surface area (Å²) < 4.78 is 14.5. The molecule has 0 saturated carbocycles. The maximum absolute atomic E-state index is 10.8. The van der Waals surface area contributed by atoms with Gasteiger partial charge in [0.25, 0.3) is 0 Å². The van der Waals surface area contributed by atoms with Crippen molar-refractivity contribution in [2.75, 3.05) is 27.4 Å². The van der Waals surface area contributed by atoms with Gasteiger partial charge in [0, 0.05) is 12.2 Å². The largest absolute Gasteiger partial charge is 0.466 e. The van der Waals surface area contributed by atoms with Crippen LogP contribution in [0.15, 0.2) is 24.3 Å². The van der Waals surface area contributed by atoms with E-state index >= 15 is 0 Å². The first-order chi connectivity index (χ1) is 10.5. The zero-order chi connectivity index (χ0) is 18.5. The van der Waals surface area contributed by atoms with E-state index in [1.807, 2.05) is 0 Å². The number of hydrogen-bond acceptors (Lipinski definition) is 6. The van der Waals surface area contributed by atoms with Crippen LogP contribution in [0.2, 0.25) is 18.1 Å². The molecule has 134 valence electrons. The Balaban J connectivity index is 0. The Hall–Kier alpha value is -1.44. The van der Waals surface area contributed by atoms with Gasteiger partial charge in [-0.05, 0) is 18.1 Å². The summed E-state index contributed by atoms with van der Waals surface area (Å²) in [5.41, 5.74) is 0. The lowest BCUT2D eigenvalue weighted by atomic mass is 10.2. The Morgan fingerprint density at radius 1 is 1.00 bits per heavy atom. The first-order valence-electron chi connectivity index (χ1n) is 7.25. The number of carbonyl (C=O) groups is 2. The monoisotopic (exact) mass is 346 g/mol. The molecule has 0 amide bonds. The average Bonchev–Trinajstić information content (AvgIpc) is 2.48. The van der Waals surface area contributed by atoms with E-state index in [1.54, 1.807) is 6.08 Å². The van der Waals surface area contributed by atoms with E-state index < -0.39 is 14.3 Å². The molecule has 23 heavy (non-hydrogen) atoms. The van der Waals surface area contributed by atoms with Crippen molar-refractivity contribution in [3.63, 3.8) is 0 Å². The second-order valence-electron chi connectivity index (χ2n) is 6.10. The highest BCUT2D eigenvalue weighted by Crippen LogP contribution is 2.36. The predicted octanol–water partition coefficient (Wildman–Crippen LogP) is 2.45. The van der Waals surface area contributed by atoms with Crippen LogP contribution in [-0.2, 0) is 23.5 Å². The van der Waals surface area contributed by atoms with Crippen LogP contribution in [0.25, 0.3) is 0 Å². The number of aliphatic hydroxyl groups is 1. The first-order valence-corrected chi connectivity index (χ1v) is 10.2. The minimum atomic E-state index is -1.69. The lowest BCUT2D eigenvalue weighted by Crippen LogP contribution is -2.40. The standard InChI is InChI=1S/C11H22O3Si.C5H8O3/c1-11(2,3)15(5,6)14-9-7-8-10(12)13-4;1-8-5(7)3-2-4-6/h7-8H,9H2,1-6H3;2-3,6H,4H2,1H3/b8-7+;3-2+. The van der Waals surface area contributed by atoms with Crippen molar-refractivity contribution in [1.82, 2.24) is 0 Å². The van der Waals surface area contributed by atoms with Gasteiger partial charge in [0.15, 0.2) is 8.32 Å². The number of rotatable bonds is 6. The molecular weight excluding hydrogens is 316 g/mol. The van der Waals surface area contributed by atoms with E-state index in [4.69, 9.17) is 9.53 Å². The Kier molecular flexibility index (Phi) is 12.5. The van der Waals surface area contributed by atoms with Crippen molar-refractivity contribution >= 4 is 20.3 Å². The van der Waals surface area contributed by atoms with E-state index in [9.17, 15) is 9.59 Å². The maximum atomic E-state index is 10.8. The lowest BCUT2D eigenvalue weighted by Gasteiger charge is -2.35. The Bertz CT molecular complexity index is 407. The molecule has 0 bridgehead atoms. The fourth-order valence-corrected chi connectivity index (χ4v) is 1.85. The van der Waals surface area contributed by atoms with Crippen LogP contribution in [0.1, 0.15) is 20.8 Å². The van der Waals surface area contributed by atoms with Crippen LogP contribution in [0, 0.1) is 0 Å². The molecule has 6 nitrogen and oxygen atoms in total. The fourth-order valence-electron chi connectivity index (χ4n) is 0.902. The summed E-state index contributed by atoms with van der Waals surface area (Å²) in [6.45, 7) is 11.3. The van der Waals surface area contributed by atoms with Crippen molar-refractivity contribution in [2.45, 2.75) is 38.9 Å². The van der Waals surface area contributed by atoms with Crippen molar-refractivity contribution in [3.05, 3.63) is 24.3 Å². The normalized spacial score (nSPS) is 12.0. The molecule has 0 fully saturated rings. The summed E-state index contributed by atoms with van der Waals surface area (Å²) in [6, 6.07) is 0.